The number of hydrogen-bond donors (Lipinski definition) is 2. The lowest BCUT2D eigenvalue weighted by Gasteiger charge is -2.21. The van der Waals surface area contributed by atoms with Gasteiger partial charge in [0, 0.05) is 4.88 Å². The lowest BCUT2D eigenvalue weighted by Crippen LogP contribution is -2.45. The first-order chi connectivity index (χ1) is 8.06. The molecule has 1 amide bonds. The minimum atomic E-state index is -0.422. The molecule has 1 aromatic heterocycles. The van der Waals surface area contributed by atoms with Crippen LogP contribution in [0.4, 0.5) is 0 Å². The normalized spacial score (nSPS) is 14.6. The van der Waals surface area contributed by atoms with Crippen LogP contribution >= 0.6 is 11.3 Å². The fourth-order valence-electron chi connectivity index (χ4n) is 1.63. The van der Waals surface area contributed by atoms with E-state index in [0.29, 0.717) is 0 Å². The maximum Gasteiger partial charge on any atom is 0.237 e. The Balaban J connectivity index is 2.65. The molecule has 1 aromatic rings. The summed E-state index contributed by atoms with van der Waals surface area (Å²) in [5.41, 5.74) is 5.85. The lowest BCUT2D eigenvalue weighted by molar-refractivity contribution is -0.124. The van der Waals surface area contributed by atoms with Crippen LogP contribution in [0.3, 0.4) is 0 Å². The summed E-state index contributed by atoms with van der Waals surface area (Å²) in [6.45, 7) is 6.05. The number of carbonyl (C=O) groups is 1. The van der Waals surface area contributed by atoms with Crippen molar-refractivity contribution >= 4 is 17.2 Å². The van der Waals surface area contributed by atoms with Crippen LogP contribution in [0.15, 0.2) is 17.5 Å². The summed E-state index contributed by atoms with van der Waals surface area (Å²) in [5.74, 6) is 0.118. The molecule has 0 fully saturated rings. The molecule has 2 atom stereocenters. The predicted molar refractivity (Wildman–Crippen MR) is 72.9 cm³/mol. The summed E-state index contributed by atoms with van der Waals surface area (Å²) in [6.07, 6.45) is 2.00. The van der Waals surface area contributed by atoms with E-state index < -0.39 is 6.04 Å². The highest BCUT2D eigenvalue weighted by molar-refractivity contribution is 7.10. The number of amides is 1. The van der Waals surface area contributed by atoms with Crippen LogP contribution in [-0.2, 0) is 4.79 Å². The highest BCUT2D eigenvalue weighted by Crippen LogP contribution is 2.23. The number of nitrogens with one attached hydrogen (secondary N) is 1. The maximum atomic E-state index is 11.9. The van der Waals surface area contributed by atoms with Crippen molar-refractivity contribution in [3.05, 3.63) is 22.4 Å². The van der Waals surface area contributed by atoms with E-state index in [1.54, 1.807) is 11.3 Å². The molecule has 0 spiro atoms. The van der Waals surface area contributed by atoms with Crippen molar-refractivity contribution in [3.63, 3.8) is 0 Å². The lowest BCUT2D eigenvalue weighted by atomic mass is 10.0. The van der Waals surface area contributed by atoms with Gasteiger partial charge in [0.15, 0.2) is 0 Å². The van der Waals surface area contributed by atoms with Gasteiger partial charge in [0.2, 0.25) is 5.91 Å². The maximum absolute atomic E-state index is 11.9. The first kappa shape index (κ1) is 14.2. The van der Waals surface area contributed by atoms with E-state index in [1.165, 1.54) is 4.88 Å². The molecule has 0 aromatic carbocycles. The molecule has 96 valence electrons. The summed E-state index contributed by atoms with van der Waals surface area (Å²) < 4.78 is 0. The van der Waals surface area contributed by atoms with Crippen molar-refractivity contribution in [1.82, 2.24) is 5.32 Å². The number of rotatable bonds is 6. The third-order valence-corrected chi connectivity index (χ3v) is 3.79. The van der Waals surface area contributed by atoms with Crippen molar-refractivity contribution in [3.8, 4) is 0 Å². The zero-order valence-electron chi connectivity index (χ0n) is 10.8. The van der Waals surface area contributed by atoms with E-state index in [1.807, 2.05) is 25.3 Å². The highest BCUT2D eigenvalue weighted by Gasteiger charge is 2.21. The Kier molecular flexibility index (Phi) is 5.65. The summed E-state index contributed by atoms with van der Waals surface area (Å²) >= 11 is 1.68. The molecule has 0 saturated carbocycles. The van der Waals surface area contributed by atoms with Crippen LogP contribution in [0.1, 0.15) is 44.5 Å². The molecule has 1 heterocycles. The van der Waals surface area contributed by atoms with Gasteiger partial charge in [-0.1, -0.05) is 33.3 Å². The largest absolute Gasteiger partial charge is 0.347 e. The summed E-state index contributed by atoms with van der Waals surface area (Å²) in [5, 5.41) is 5.08. The fourth-order valence-corrected chi connectivity index (χ4v) is 2.45. The molecular formula is C13H22N2OS. The minimum Gasteiger partial charge on any atom is -0.347 e. The van der Waals surface area contributed by atoms with Gasteiger partial charge in [-0.2, -0.15) is 0 Å². The molecule has 3 N–H and O–H groups in total. The first-order valence-corrected chi connectivity index (χ1v) is 7.03. The van der Waals surface area contributed by atoms with Crippen molar-refractivity contribution in [2.45, 2.75) is 45.7 Å². The van der Waals surface area contributed by atoms with Gasteiger partial charge in [-0.25, -0.2) is 0 Å². The molecule has 3 nitrogen and oxygen atoms in total. The molecule has 0 saturated heterocycles. The highest BCUT2D eigenvalue weighted by atomic mass is 32.1. The average Bonchev–Trinajstić information content (AvgIpc) is 2.80. The smallest absolute Gasteiger partial charge is 0.237 e. The van der Waals surface area contributed by atoms with Crippen molar-refractivity contribution < 1.29 is 4.79 Å². The molecular weight excluding hydrogens is 232 g/mol. The second-order valence-corrected chi connectivity index (χ2v) is 5.61. The van der Waals surface area contributed by atoms with E-state index >= 15 is 0 Å². The first-order valence-electron chi connectivity index (χ1n) is 6.15. The summed E-state index contributed by atoms with van der Waals surface area (Å²) in [6, 6.07) is 3.76. The van der Waals surface area contributed by atoms with Gasteiger partial charge < -0.3 is 11.1 Å². The van der Waals surface area contributed by atoms with Crippen molar-refractivity contribution in [1.29, 1.82) is 0 Å². The van der Waals surface area contributed by atoms with Gasteiger partial charge in [0.05, 0.1) is 12.1 Å². The monoisotopic (exact) mass is 254 g/mol. The van der Waals surface area contributed by atoms with E-state index in [9.17, 15) is 4.79 Å². The molecule has 1 rings (SSSR count). The van der Waals surface area contributed by atoms with Gasteiger partial charge in [0.1, 0.15) is 0 Å². The van der Waals surface area contributed by atoms with E-state index in [-0.39, 0.29) is 17.9 Å². The Labute approximate surface area is 107 Å². The predicted octanol–water partition coefficient (Wildman–Crippen LogP) is 2.69. The second kappa shape index (κ2) is 6.77. The van der Waals surface area contributed by atoms with Crippen LogP contribution in [0.25, 0.3) is 0 Å². The zero-order chi connectivity index (χ0) is 12.8. The van der Waals surface area contributed by atoms with Gasteiger partial charge in [-0.3, -0.25) is 4.79 Å². The van der Waals surface area contributed by atoms with Crippen LogP contribution in [-0.4, -0.2) is 11.9 Å². The molecule has 0 bridgehead atoms. The van der Waals surface area contributed by atoms with Gasteiger partial charge in [0.25, 0.3) is 0 Å². The topological polar surface area (TPSA) is 55.1 Å². The number of thiophene rings is 1. The van der Waals surface area contributed by atoms with E-state index in [2.05, 4.69) is 18.3 Å². The minimum absolute atomic E-state index is 0.0492. The Bertz CT molecular complexity index is 335. The average molecular weight is 254 g/mol. The van der Waals surface area contributed by atoms with Crippen LogP contribution in [0.2, 0.25) is 0 Å². The van der Waals surface area contributed by atoms with E-state index in [4.69, 9.17) is 5.73 Å². The second-order valence-electron chi connectivity index (χ2n) is 4.64. The summed E-state index contributed by atoms with van der Waals surface area (Å²) in [7, 11) is 0. The quantitative estimate of drug-likeness (QED) is 0.820. The molecule has 0 aliphatic heterocycles. The Hall–Kier alpha value is -0.870. The van der Waals surface area contributed by atoms with Crippen molar-refractivity contribution in [2.24, 2.45) is 11.7 Å². The Morgan fingerprint density at radius 1 is 1.53 bits per heavy atom. The third-order valence-electron chi connectivity index (χ3n) is 2.80. The van der Waals surface area contributed by atoms with Gasteiger partial charge >= 0.3 is 0 Å². The molecule has 17 heavy (non-hydrogen) atoms. The van der Waals surface area contributed by atoms with Gasteiger partial charge in [-0.05, 0) is 23.8 Å². The van der Waals surface area contributed by atoms with Gasteiger partial charge in [-0.15, -0.1) is 11.3 Å². The molecule has 4 heteroatoms. The molecule has 0 radical (unpaired) electrons. The molecule has 0 aliphatic carbocycles. The third kappa shape index (κ3) is 4.13. The zero-order valence-corrected chi connectivity index (χ0v) is 11.6. The number of nitrogens with two attached hydrogens (primary N) is 1. The molecule has 0 aliphatic rings. The standard InChI is InChI=1S/C13H22N2OS/c1-4-6-10(11-7-5-8-17-11)15-13(16)12(14)9(2)3/h5,7-10,12H,4,6,14H2,1-3H3,(H,15,16)/t10?,12-/m1/s1. The summed E-state index contributed by atoms with van der Waals surface area (Å²) in [4.78, 5) is 13.1. The van der Waals surface area contributed by atoms with Crippen LogP contribution < -0.4 is 11.1 Å². The molecule has 1 unspecified atom stereocenters. The fraction of sp³-hybridized carbons (Fsp3) is 0.615. The van der Waals surface area contributed by atoms with Crippen LogP contribution in [0, 0.1) is 5.92 Å². The number of carbonyl (C=O) groups excluding carboxylic acids is 1. The van der Waals surface area contributed by atoms with Crippen molar-refractivity contribution in [2.75, 3.05) is 0 Å². The number of hydrogen-bond acceptors (Lipinski definition) is 3. The Morgan fingerprint density at radius 3 is 2.71 bits per heavy atom. The Morgan fingerprint density at radius 2 is 2.24 bits per heavy atom. The van der Waals surface area contributed by atoms with E-state index in [0.717, 1.165) is 12.8 Å². The SMILES string of the molecule is CCCC(NC(=O)[C@H](N)C(C)C)c1cccs1. The van der Waals surface area contributed by atoms with Crippen LogP contribution in [0.5, 0.6) is 0 Å².